The average Bonchev–Trinajstić information content (AvgIpc) is 3.07. The quantitative estimate of drug-likeness (QED) is 0.775. The molecule has 3 heterocycles. The van der Waals surface area contributed by atoms with E-state index in [2.05, 4.69) is 37.9 Å². The zero-order valence-electron chi connectivity index (χ0n) is 14.6. The van der Waals surface area contributed by atoms with Crippen molar-refractivity contribution in [2.75, 3.05) is 25.5 Å². The minimum Gasteiger partial charge on any atom is -0.495 e. The highest BCUT2D eigenvalue weighted by Crippen LogP contribution is 2.26. The van der Waals surface area contributed by atoms with Gasteiger partial charge in [-0.1, -0.05) is 18.2 Å². The standard InChI is InChI=1S/C20H24N4O/c1-25-19-7-3-2-6-18(19)22-16-9-12-23(13-10-16)15-17-14-21-20-8-4-5-11-24(17)20/h2-8,11,14,16,22H,9-10,12-13,15H2,1H3. The summed E-state index contributed by atoms with van der Waals surface area (Å²) >= 11 is 0. The summed E-state index contributed by atoms with van der Waals surface area (Å²) in [5.41, 5.74) is 3.36. The number of piperidine rings is 1. The number of hydrogen-bond acceptors (Lipinski definition) is 4. The zero-order chi connectivity index (χ0) is 17.1. The van der Waals surface area contributed by atoms with Crippen LogP contribution in [0.3, 0.4) is 0 Å². The van der Waals surface area contributed by atoms with E-state index in [4.69, 9.17) is 4.74 Å². The summed E-state index contributed by atoms with van der Waals surface area (Å²) in [6.45, 7) is 3.13. The molecule has 2 aromatic heterocycles. The largest absolute Gasteiger partial charge is 0.495 e. The Kier molecular flexibility index (Phi) is 4.57. The third-order valence-electron chi connectivity index (χ3n) is 4.93. The van der Waals surface area contributed by atoms with E-state index in [1.165, 1.54) is 5.69 Å². The maximum absolute atomic E-state index is 5.44. The number of hydrogen-bond donors (Lipinski definition) is 1. The SMILES string of the molecule is COc1ccccc1NC1CCN(Cc2cnc3ccccn23)CC1. The third kappa shape index (κ3) is 3.46. The number of rotatable bonds is 5. The summed E-state index contributed by atoms with van der Waals surface area (Å²) in [4.78, 5) is 6.99. The Morgan fingerprint density at radius 1 is 1.12 bits per heavy atom. The van der Waals surface area contributed by atoms with Crippen molar-refractivity contribution in [3.05, 3.63) is 60.6 Å². The molecule has 1 fully saturated rings. The molecule has 1 aliphatic heterocycles. The molecule has 0 aliphatic carbocycles. The highest BCUT2D eigenvalue weighted by molar-refractivity contribution is 5.56. The number of fused-ring (bicyclic) bond motifs is 1. The number of nitrogens with one attached hydrogen (secondary N) is 1. The first-order chi connectivity index (χ1) is 12.3. The van der Waals surface area contributed by atoms with Crippen molar-refractivity contribution in [1.82, 2.24) is 14.3 Å². The summed E-state index contributed by atoms with van der Waals surface area (Å²) in [5.74, 6) is 0.913. The molecule has 130 valence electrons. The van der Waals surface area contributed by atoms with Gasteiger partial charge in [0.2, 0.25) is 0 Å². The Morgan fingerprint density at radius 3 is 2.76 bits per heavy atom. The van der Waals surface area contributed by atoms with Crippen LogP contribution in [-0.2, 0) is 6.54 Å². The first kappa shape index (κ1) is 16.0. The van der Waals surface area contributed by atoms with Gasteiger partial charge in [0.25, 0.3) is 0 Å². The molecule has 3 aromatic rings. The van der Waals surface area contributed by atoms with Gasteiger partial charge >= 0.3 is 0 Å². The van der Waals surface area contributed by atoms with Gasteiger partial charge in [-0.2, -0.15) is 0 Å². The number of benzene rings is 1. The molecule has 0 atom stereocenters. The minimum absolute atomic E-state index is 0.495. The Balaban J connectivity index is 1.35. The molecule has 0 unspecified atom stereocenters. The minimum atomic E-state index is 0.495. The molecule has 0 saturated carbocycles. The molecule has 0 amide bonds. The lowest BCUT2D eigenvalue weighted by molar-refractivity contribution is 0.208. The number of imidazole rings is 1. The van der Waals surface area contributed by atoms with Crippen molar-refractivity contribution in [3.63, 3.8) is 0 Å². The second-order valence-corrected chi connectivity index (χ2v) is 6.57. The van der Waals surface area contributed by atoms with Crippen LogP contribution in [0.1, 0.15) is 18.5 Å². The summed E-state index contributed by atoms with van der Waals surface area (Å²) < 4.78 is 7.62. The highest BCUT2D eigenvalue weighted by Gasteiger charge is 2.20. The fraction of sp³-hybridized carbons (Fsp3) is 0.350. The molecule has 5 nitrogen and oxygen atoms in total. The lowest BCUT2D eigenvalue weighted by atomic mass is 10.0. The van der Waals surface area contributed by atoms with Gasteiger partial charge in [0.15, 0.2) is 0 Å². The molecule has 5 heteroatoms. The van der Waals surface area contributed by atoms with Gasteiger partial charge in [0.1, 0.15) is 11.4 Å². The van der Waals surface area contributed by atoms with E-state index in [9.17, 15) is 0 Å². The van der Waals surface area contributed by atoms with E-state index in [1.807, 2.05) is 36.5 Å². The van der Waals surface area contributed by atoms with Gasteiger partial charge in [-0.05, 0) is 37.1 Å². The summed E-state index contributed by atoms with van der Waals surface area (Å²) in [6.07, 6.45) is 6.35. The average molecular weight is 336 g/mol. The molecule has 1 N–H and O–H groups in total. The Hall–Kier alpha value is -2.53. The normalized spacial score (nSPS) is 16.2. The van der Waals surface area contributed by atoms with Crippen molar-refractivity contribution in [3.8, 4) is 5.75 Å². The number of likely N-dealkylation sites (tertiary alicyclic amines) is 1. The summed E-state index contributed by atoms with van der Waals surface area (Å²) in [6, 6.07) is 14.8. The van der Waals surface area contributed by atoms with E-state index in [1.54, 1.807) is 7.11 Å². The number of anilines is 1. The van der Waals surface area contributed by atoms with Gasteiger partial charge in [-0.25, -0.2) is 4.98 Å². The van der Waals surface area contributed by atoms with Gasteiger partial charge < -0.3 is 14.5 Å². The van der Waals surface area contributed by atoms with Crippen LogP contribution < -0.4 is 10.1 Å². The predicted octanol–water partition coefficient (Wildman–Crippen LogP) is 3.42. The third-order valence-corrected chi connectivity index (χ3v) is 4.93. The van der Waals surface area contributed by atoms with Crippen LogP contribution in [0.2, 0.25) is 0 Å². The van der Waals surface area contributed by atoms with E-state index in [0.717, 1.165) is 49.6 Å². The van der Waals surface area contributed by atoms with Gasteiger partial charge in [-0.3, -0.25) is 4.90 Å². The molecular formula is C20H24N4O. The second kappa shape index (κ2) is 7.15. The van der Waals surface area contributed by atoms with Crippen LogP contribution in [0.25, 0.3) is 5.65 Å². The van der Waals surface area contributed by atoms with Gasteiger partial charge in [-0.15, -0.1) is 0 Å². The second-order valence-electron chi connectivity index (χ2n) is 6.57. The summed E-state index contributed by atoms with van der Waals surface area (Å²) in [7, 11) is 1.72. The molecule has 0 radical (unpaired) electrons. The van der Waals surface area contributed by atoms with Crippen molar-refractivity contribution in [1.29, 1.82) is 0 Å². The number of ether oxygens (including phenoxy) is 1. The van der Waals surface area contributed by atoms with Crippen molar-refractivity contribution in [2.45, 2.75) is 25.4 Å². The highest BCUT2D eigenvalue weighted by atomic mass is 16.5. The lowest BCUT2D eigenvalue weighted by Gasteiger charge is -2.33. The molecule has 0 spiro atoms. The van der Waals surface area contributed by atoms with Crippen molar-refractivity contribution in [2.24, 2.45) is 0 Å². The van der Waals surface area contributed by atoms with Crippen LogP contribution in [0.5, 0.6) is 5.75 Å². The number of methoxy groups -OCH3 is 1. The molecule has 4 rings (SSSR count). The first-order valence-electron chi connectivity index (χ1n) is 8.86. The van der Waals surface area contributed by atoms with Crippen molar-refractivity contribution >= 4 is 11.3 Å². The van der Waals surface area contributed by atoms with Crippen LogP contribution in [0.15, 0.2) is 54.9 Å². The Bertz CT molecular complexity index is 836. The van der Waals surface area contributed by atoms with E-state index >= 15 is 0 Å². The fourth-order valence-electron chi connectivity index (χ4n) is 3.55. The molecule has 1 aromatic carbocycles. The van der Waals surface area contributed by atoms with E-state index in [-0.39, 0.29) is 0 Å². The molecule has 1 aliphatic rings. The van der Waals surface area contributed by atoms with Crippen molar-refractivity contribution < 1.29 is 4.74 Å². The monoisotopic (exact) mass is 336 g/mol. The Labute approximate surface area is 148 Å². The zero-order valence-corrected chi connectivity index (χ0v) is 14.6. The topological polar surface area (TPSA) is 41.8 Å². The van der Waals surface area contributed by atoms with Gasteiger partial charge in [0, 0.05) is 31.9 Å². The van der Waals surface area contributed by atoms with Crippen LogP contribution >= 0.6 is 0 Å². The number of para-hydroxylation sites is 2. The van der Waals surface area contributed by atoms with Gasteiger partial charge in [0.05, 0.1) is 24.7 Å². The number of nitrogens with zero attached hydrogens (tertiary/aromatic N) is 3. The Morgan fingerprint density at radius 2 is 1.92 bits per heavy atom. The smallest absolute Gasteiger partial charge is 0.141 e. The molecule has 1 saturated heterocycles. The van der Waals surface area contributed by atoms with E-state index in [0.29, 0.717) is 6.04 Å². The van der Waals surface area contributed by atoms with Crippen LogP contribution in [0.4, 0.5) is 5.69 Å². The number of pyridine rings is 1. The van der Waals surface area contributed by atoms with E-state index < -0.39 is 0 Å². The van der Waals surface area contributed by atoms with Crippen LogP contribution in [0, 0.1) is 0 Å². The molecular weight excluding hydrogens is 312 g/mol. The molecule has 0 bridgehead atoms. The van der Waals surface area contributed by atoms with Crippen LogP contribution in [-0.4, -0.2) is 40.5 Å². The summed E-state index contributed by atoms with van der Waals surface area (Å²) in [5, 5.41) is 3.64. The lowest BCUT2D eigenvalue weighted by Crippen LogP contribution is -2.38. The number of aromatic nitrogens is 2. The first-order valence-corrected chi connectivity index (χ1v) is 8.86. The maximum Gasteiger partial charge on any atom is 0.141 e. The predicted molar refractivity (Wildman–Crippen MR) is 100 cm³/mol. The fourth-order valence-corrected chi connectivity index (χ4v) is 3.55. The maximum atomic E-state index is 5.44. The molecule has 25 heavy (non-hydrogen) atoms.